The molecule has 0 fully saturated rings. The number of nitrogens with zero attached hydrogens (tertiary/aromatic N) is 3. The van der Waals surface area contributed by atoms with Gasteiger partial charge in [-0.05, 0) is 19.1 Å². The Morgan fingerprint density at radius 3 is 3.10 bits per heavy atom. The topological polar surface area (TPSA) is 95.3 Å². The molecule has 2 rings (SSSR count). The molecule has 1 aromatic heterocycles. The average molecular weight is 285 g/mol. The lowest BCUT2D eigenvalue weighted by Crippen LogP contribution is -1.93. The minimum absolute atomic E-state index is 0.314. The SMILES string of the molecule is CCO/C=N/c1[nH]nc(Nc2cccc(OC)c2)c1C#N. The van der Waals surface area contributed by atoms with Crippen LogP contribution in [0.25, 0.3) is 0 Å². The zero-order valence-corrected chi connectivity index (χ0v) is 11.8. The molecule has 1 heterocycles. The number of benzene rings is 1. The van der Waals surface area contributed by atoms with Crippen molar-refractivity contribution in [1.29, 1.82) is 5.26 Å². The van der Waals surface area contributed by atoms with E-state index in [9.17, 15) is 5.26 Å². The number of H-pyrrole nitrogens is 1. The molecule has 0 atom stereocenters. The smallest absolute Gasteiger partial charge is 0.176 e. The third-order valence-electron chi connectivity index (χ3n) is 2.61. The Kier molecular flexibility index (Phi) is 4.77. The van der Waals surface area contributed by atoms with Crippen molar-refractivity contribution < 1.29 is 9.47 Å². The van der Waals surface area contributed by atoms with Gasteiger partial charge in [0.1, 0.15) is 17.4 Å². The van der Waals surface area contributed by atoms with E-state index in [0.29, 0.717) is 29.6 Å². The van der Waals surface area contributed by atoms with Crippen LogP contribution in [-0.2, 0) is 4.74 Å². The van der Waals surface area contributed by atoms with Gasteiger partial charge in [-0.2, -0.15) is 10.4 Å². The van der Waals surface area contributed by atoms with Crippen molar-refractivity contribution in [2.75, 3.05) is 19.0 Å². The molecule has 0 aliphatic rings. The monoisotopic (exact) mass is 285 g/mol. The summed E-state index contributed by atoms with van der Waals surface area (Å²) in [6.07, 6.45) is 1.28. The van der Waals surface area contributed by atoms with E-state index in [0.717, 1.165) is 5.69 Å². The fraction of sp³-hybridized carbons (Fsp3) is 0.214. The Labute approximate surface area is 122 Å². The van der Waals surface area contributed by atoms with Gasteiger partial charge in [-0.1, -0.05) is 6.07 Å². The molecule has 0 saturated carbocycles. The third-order valence-corrected chi connectivity index (χ3v) is 2.61. The number of aliphatic imine (C=N–C) groups is 1. The lowest BCUT2D eigenvalue weighted by atomic mass is 10.2. The zero-order chi connectivity index (χ0) is 15.1. The molecule has 7 heteroatoms. The molecule has 2 aromatic rings. The van der Waals surface area contributed by atoms with E-state index >= 15 is 0 Å². The highest BCUT2D eigenvalue weighted by Crippen LogP contribution is 2.26. The summed E-state index contributed by atoms with van der Waals surface area (Å²) in [4.78, 5) is 4.01. The van der Waals surface area contributed by atoms with Gasteiger partial charge >= 0.3 is 0 Å². The van der Waals surface area contributed by atoms with Gasteiger partial charge in [-0.25, -0.2) is 4.99 Å². The van der Waals surface area contributed by atoms with Gasteiger partial charge in [0.2, 0.25) is 0 Å². The highest BCUT2D eigenvalue weighted by molar-refractivity contribution is 5.71. The van der Waals surface area contributed by atoms with Gasteiger partial charge in [-0.3, -0.25) is 5.10 Å². The molecule has 1 aromatic carbocycles. The zero-order valence-electron chi connectivity index (χ0n) is 11.8. The van der Waals surface area contributed by atoms with Crippen molar-refractivity contribution >= 4 is 23.7 Å². The molecule has 0 aliphatic heterocycles. The Balaban J connectivity index is 2.22. The lowest BCUT2D eigenvalue weighted by Gasteiger charge is -2.05. The number of rotatable bonds is 6. The molecule has 0 amide bonds. The molecule has 0 radical (unpaired) electrons. The van der Waals surface area contributed by atoms with Crippen molar-refractivity contribution in [2.45, 2.75) is 6.92 Å². The molecule has 0 saturated heterocycles. The molecule has 108 valence electrons. The van der Waals surface area contributed by atoms with E-state index in [1.165, 1.54) is 6.40 Å². The minimum Gasteiger partial charge on any atom is -0.497 e. The van der Waals surface area contributed by atoms with E-state index in [1.807, 2.05) is 25.1 Å². The van der Waals surface area contributed by atoms with E-state index in [4.69, 9.17) is 9.47 Å². The fourth-order valence-corrected chi connectivity index (χ4v) is 1.62. The van der Waals surface area contributed by atoms with Crippen LogP contribution < -0.4 is 10.1 Å². The van der Waals surface area contributed by atoms with Crippen LogP contribution in [-0.4, -0.2) is 30.3 Å². The third kappa shape index (κ3) is 3.51. The summed E-state index contributed by atoms with van der Waals surface area (Å²) in [6, 6.07) is 9.39. The normalized spacial score (nSPS) is 10.3. The molecule has 21 heavy (non-hydrogen) atoms. The second kappa shape index (κ2) is 6.96. The van der Waals surface area contributed by atoms with Crippen LogP contribution in [0.15, 0.2) is 29.3 Å². The molecule has 0 bridgehead atoms. The van der Waals surface area contributed by atoms with E-state index in [1.54, 1.807) is 13.2 Å². The number of nitriles is 1. The van der Waals surface area contributed by atoms with Crippen LogP contribution in [0.3, 0.4) is 0 Å². The van der Waals surface area contributed by atoms with Crippen LogP contribution in [0.2, 0.25) is 0 Å². The maximum Gasteiger partial charge on any atom is 0.176 e. The van der Waals surface area contributed by atoms with Crippen LogP contribution in [0, 0.1) is 11.3 Å². The Bertz CT molecular complexity index is 672. The van der Waals surface area contributed by atoms with Gasteiger partial charge in [0, 0.05) is 11.8 Å². The van der Waals surface area contributed by atoms with Crippen molar-refractivity contribution in [3.63, 3.8) is 0 Å². The average Bonchev–Trinajstić information content (AvgIpc) is 2.89. The lowest BCUT2D eigenvalue weighted by molar-refractivity contribution is 0.344. The van der Waals surface area contributed by atoms with Gasteiger partial charge in [-0.15, -0.1) is 0 Å². The van der Waals surface area contributed by atoms with E-state index < -0.39 is 0 Å². The number of anilines is 2. The molecule has 0 spiro atoms. The first-order chi connectivity index (χ1) is 10.3. The van der Waals surface area contributed by atoms with Crippen LogP contribution >= 0.6 is 0 Å². The van der Waals surface area contributed by atoms with E-state index in [-0.39, 0.29) is 0 Å². The number of aromatic amines is 1. The Morgan fingerprint density at radius 1 is 1.52 bits per heavy atom. The first kappa shape index (κ1) is 14.4. The predicted octanol–water partition coefficient (Wildman–Crippen LogP) is 2.73. The highest BCUT2D eigenvalue weighted by atomic mass is 16.5. The summed E-state index contributed by atoms with van der Waals surface area (Å²) >= 11 is 0. The van der Waals surface area contributed by atoms with E-state index in [2.05, 4.69) is 26.6 Å². The molecule has 2 N–H and O–H groups in total. The fourth-order valence-electron chi connectivity index (χ4n) is 1.62. The number of nitrogens with one attached hydrogen (secondary N) is 2. The highest BCUT2D eigenvalue weighted by Gasteiger charge is 2.12. The van der Waals surface area contributed by atoms with Crippen LogP contribution in [0.1, 0.15) is 12.5 Å². The summed E-state index contributed by atoms with van der Waals surface area (Å²) in [5.41, 5.74) is 1.08. The van der Waals surface area contributed by atoms with Crippen LogP contribution in [0.4, 0.5) is 17.3 Å². The summed E-state index contributed by atoms with van der Waals surface area (Å²) in [5.74, 6) is 1.45. The number of ether oxygens (including phenoxy) is 2. The maximum atomic E-state index is 9.23. The molecule has 0 aliphatic carbocycles. The minimum atomic E-state index is 0.314. The summed E-state index contributed by atoms with van der Waals surface area (Å²) in [6.45, 7) is 2.36. The maximum absolute atomic E-state index is 9.23. The Morgan fingerprint density at radius 2 is 2.38 bits per heavy atom. The van der Waals surface area contributed by atoms with Crippen molar-refractivity contribution in [1.82, 2.24) is 10.2 Å². The molecular weight excluding hydrogens is 270 g/mol. The summed E-state index contributed by atoms with van der Waals surface area (Å²) in [5, 5.41) is 19.0. The Hall–Kier alpha value is -3.01. The van der Waals surface area contributed by atoms with Crippen molar-refractivity contribution in [3.05, 3.63) is 29.8 Å². The second-order valence-electron chi connectivity index (χ2n) is 3.95. The molecule has 7 nitrogen and oxygen atoms in total. The van der Waals surface area contributed by atoms with Crippen LogP contribution in [0.5, 0.6) is 5.75 Å². The van der Waals surface area contributed by atoms with Gasteiger partial charge in [0.05, 0.1) is 13.7 Å². The summed E-state index contributed by atoms with van der Waals surface area (Å²) in [7, 11) is 1.59. The van der Waals surface area contributed by atoms with Crippen molar-refractivity contribution in [3.8, 4) is 11.8 Å². The number of aromatic nitrogens is 2. The predicted molar refractivity (Wildman–Crippen MR) is 79.4 cm³/mol. The molecular formula is C14H15N5O2. The van der Waals surface area contributed by atoms with Gasteiger partial charge in [0.15, 0.2) is 18.0 Å². The van der Waals surface area contributed by atoms with Crippen molar-refractivity contribution in [2.24, 2.45) is 4.99 Å². The number of methoxy groups -OCH3 is 1. The first-order valence-electron chi connectivity index (χ1n) is 6.32. The first-order valence-corrected chi connectivity index (χ1v) is 6.32. The number of hydrogen-bond acceptors (Lipinski definition) is 6. The van der Waals surface area contributed by atoms with Gasteiger partial charge < -0.3 is 14.8 Å². The standard InChI is InChI=1S/C14H15N5O2/c1-3-21-9-16-13-12(8-15)14(19-18-13)17-10-5-4-6-11(7-10)20-2/h4-7,9H,3H2,1-2H3,(H2,17,18,19)/b16-9+. The quantitative estimate of drug-likeness (QED) is 0.628. The number of hydrogen-bond donors (Lipinski definition) is 2. The second-order valence-corrected chi connectivity index (χ2v) is 3.95. The largest absolute Gasteiger partial charge is 0.497 e. The molecule has 0 unspecified atom stereocenters. The van der Waals surface area contributed by atoms with Gasteiger partial charge in [0.25, 0.3) is 0 Å². The summed E-state index contributed by atoms with van der Waals surface area (Å²) < 4.78 is 10.2.